The number of benzene rings is 2. The third kappa shape index (κ3) is 3.93. The molecule has 0 saturated heterocycles. The highest BCUT2D eigenvalue weighted by atomic mass is 79.9. The molecule has 0 spiro atoms. The van der Waals surface area contributed by atoms with Gasteiger partial charge in [0.1, 0.15) is 0 Å². The second-order valence-corrected chi connectivity index (χ2v) is 8.78. The Hall–Kier alpha value is -1.08. The van der Waals surface area contributed by atoms with Crippen molar-refractivity contribution in [3.8, 4) is 11.1 Å². The molecule has 0 nitrogen and oxygen atoms in total. The van der Waals surface area contributed by atoms with Gasteiger partial charge in [-0.15, -0.1) is 0 Å². The molecule has 1 aliphatic rings. The van der Waals surface area contributed by atoms with Crippen molar-refractivity contribution < 1.29 is 0 Å². The van der Waals surface area contributed by atoms with Gasteiger partial charge in [0.05, 0.1) is 0 Å². The molecule has 139 valence electrons. The summed E-state index contributed by atoms with van der Waals surface area (Å²) < 4.78 is 1.21. The summed E-state index contributed by atoms with van der Waals surface area (Å²) in [5.41, 5.74) is 6.16. The van der Waals surface area contributed by atoms with Crippen LogP contribution >= 0.6 is 15.9 Å². The van der Waals surface area contributed by atoms with E-state index in [2.05, 4.69) is 72.2 Å². The fourth-order valence-corrected chi connectivity index (χ4v) is 5.09. The molecule has 0 aliphatic heterocycles. The van der Waals surface area contributed by atoms with Gasteiger partial charge in [0.2, 0.25) is 0 Å². The molecular weight excluding hydrogens is 380 g/mol. The van der Waals surface area contributed by atoms with E-state index in [1.165, 1.54) is 85.4 Å². The van der Waals surface area contributed by atoms with Crippen molar-refractivity contribution in [2.75, 3.05) is 0 Å². The van der Waals surface area contributed by atoms with Crippen LogP contribution in [0.25, 0.3) is 11.1 Å². The molecular formula is C25H32Br. The van der Waals surface area contributed by atoms with E-state index in [4.69, 9.17) is 0 Å². The minimum absolute atomic E-state index is 0.188. The Kier molecular flexibility index (Phi) is 6.98. The van der Waals surface area contributed by atoms with Crippen LogP contribution in [0.1, 0.15) is 89.2 Å². The Morgan fingerprint density at radius 2 is 1.46 bits per heavy atom. The van der Waals surface area contributed by atoms with Crippen LogP contribution in [0.5, 0.6) is 0 Å². The first-order valence-corrected chi connectivity index (χ1v) is 11.3. The van der Waals surface area contributed by atoms with Crippen LogP contribution in [-0.2, 0) is 5.41 Å². The Balaban J connectivity index is 1.98. The first-order chi connectivity index (χ1) is 12.7. The molecule has 0 unspecified atom stereocenters. The van der Waals surface area contributed by atoms with Gasteiger partial charge in [-0.3, -0.25) is 0 Å². The Morgan fingerprint density at radius 3 is 2.12 bits per heavy atom. The summed E-state index contributed by atoms with van der Waals surface area (Å²) in [7, 11) is 0. The van der Waals surface area contributed by atoms with Crippen LogP contribution in [0.2, 0.25) is 0 Å². The maximum Gasteiger partial charge on any atom is 0.0215 e. The molecule has 1 radical (unpaired) electrons. The van der Waals surface area contributed by atoms with E-state index in [1.807, 2.05) is 0 Å². The third-order valence-electron chi connectivity index (χ3n) is 6.08. The highest BCUT2D eigenvalue weighted by Gasteiger charge is 2.41. The molecule has 0 heterocycles. The predicted molar refractivity (Wildman–Crippen MR) is 117 cm³/mol. The minimum Gasteiger partial charge on any atom is -0.0654 e. The van der Waals surface area contributed by atoms with Gasteiger partial charge in [-0.05, 0) is 59.4 Å². The average molecular weight is 412 g/mol. The lowest BCUT2D eigenvalue weighted by Gasteiger charge is -2.33. The Labute approximate surface area is 168 Å². The van der Waals surface area contributed by atoms with Gasteiger partial charge in [-0.25, -0.2) is 0 Å². The number of hydrogen-bond donors (Lipinski definition) is 0. The smallest absolute Gasteiger partial charge is 0.0215 e. The van der Waals surface area contributed by atoms with Crippen molar-refractivity contribution >= 4 is 15.9 Å². The normalized spacial score (nSPS) is 14.3. The fourth-order valence-electron chi connectivity index (χ4n) is 4.72. The summed E-state index contributed by atoms with van der Waals surface area (Å²) in [5, 5.41) is 0. The maximum atomic E-state index is 3.74. The van der Waals surface area contributed by atoms with Crippen molar-refractivity contribution in [2.45, 2.75) is 83.5 Å². The van der Waals surface area contributed by atoms with Crippen molar-refractivity contribution in [1.82, 2.24) is 0 Å². The second-order valence-electron chi connectivity index (χ2n) is 7.87. The lowest BCUT2D eigenvalue weighted by molar-refractivity contribution is 0.401. The fraction of sp³-hybridized carbons (Fsp3) is 0.520. The lowest BCUT2D eigenvalue weighted by Crippen LogP contribution is -2.25. The Bertz CT molecular complexity index is 704. The van der Waals surface area contributed by atoms with Gasteiger partial charge < -0.3 is 0 Å². The van der Waals surface area contributed by atoms with E-state index in [0.29, 0.717) is 0 Å². The van der Waals surface area contributed by atoms with Crippen LogP contribution in [0, 0.1) is 6.07 Å². The Morgan fingerprint density at radius 1 is 0.808 bits per heavy atom. The van der Waals surface area contributed by atoms with Crippen LogP contribution in [0.4, 0.5) is 0 Å². The van der Waals surface area contributed by atoms with E-state index in [9.17, 15) is 0 Å². The van der Waals surface area contributed by atoms with E-state index in [1.54, 1.807) is 5.56 Å². The zero-order valence-electron chi connectivity index (χ0n) is 16.4. The van der Waals surface area contributed by atoms with Crippen LogP contribution in [0.15, 0.2) is 40.9 Å². The number of rotatable bonds is 10. The molecule has 0 N–H and O–H groups in total. The monoisotopic (exact) mass is 411 g/mol. The number of hydrogen-bond acceptors (Lipinski definition) is 0. The highest BCUT2D eigenvalue weighted by molar-refractivity contribution is 9.10. The van der Waals surface area contributed by atoms with Gasteiger partial charge in [-0.1, -0.05) is 99.3 Å². The largest absolute Gasteiger partial charge is 0.0654 e. The summed E-state index contributed by atoms with van der Waals surface area (Å²) in [5.74, 6) is 0. The van der Waals surface area contributed by atoms with Crippen molar-refractivity contribution in [2.24, 2.45) is 0 Å². The number of fused-ring (bicyclic) bond motifs is 3. The van der Waals surface area contributed by atoms with Gasteiger partial charge >= 0.3 is 0 Å². The molecule has 2 aromatic carbocycles. The van der Waals surface area contributed by atoms with Crippen LogP contribution in [0.3, 0.4) is 0 Å². The van der Waals surface area contributed by atoms with Gasteiger partial charge in [0, 0.05) is 9.89 Å². The van der Waals surface area contributed by atoms with Gasteiger partial charge in [0.15, 0.2) is 0 Å². The third-order valence-corrected chi connectivity index (χ3v) is 6.57. The molecule has 0 saturated carbocycles. The lowest BCUT2D eigenvalue weighted by atomic mass is 9.70. The number of halogens is 1. The molecule has 3 rings (SSSR count). The van der Waals surface area contributed by atoms with E-state index in [-0.39, 0.29) is 5.41 Å². The van der Waals surface area contributed by atoms with Crippen molar-refractivity contribution in [1.29, 1.82) is 0 Å². The maximum absolute atomic E-state index is 3.74. The molecule has 0 atom stereocenters. The summed E-state index contributed by atoms with van der Waals surface area (Å²) in [6.45, 7) is 4.60. The van der Waals surface area contributed by atoms with E-state index >= 15 is 0 Å². The van der Waals surface area contributed by atoms with Gasteiger partial charge in [-0.2, -0.15) is 0 Å². The zero-order valence-corrected chi connectivity index (χ0v) is 18.0. The SMILES string of the molecule is CCCCCCC1(CCCCCC)c2c[c]ccc2-c2ccc(Br)cc21. The molecule has 0 bridgehead atoms. The van der Waals surface area contributed by atoms with Crippen LogP contribution < -0.4 is 0 Å². The molecule has 0 aromatic heterocycles. The quantitative estimate of drug-likeness (QED) is 0.343. The van der Waals surface area contributed by atoms with E-state index < -0.39 is 0 Å². The number of unbranched alkanes of at least 4 members (excludes halogenated alkanes) is 6. The second kappa shape index (κ2) is 9.22. The summed E-state index contributed by atoms with van der Waals surface area (Å²) in [6, 6.07) is 16.9. The summed E-state index contributed by atoms with van der Waals surface area (Å²) in [4.78, 5) is 0. The van der Waals surface area contributed by atoms with Crippen LogP contribution in [-0.4, -0.2) is 0 Å². The molecule has 0 amide bonds. The van der Waals surface area contributed by atoms with Gasteiger partial charge in [0.25, 0.3) is 0 Å². The minimum atomic E-state index is 0.188. The molecule has 1 heteroatoms. The first kappa shape index (κ1) is 19.7. The zero-order chi connectivity index (χ0) is 18.4. The average Bonchev–Trinajstić information content (AvgIpc) is 2.92. The first-order valence-electron chi connectivity index (χ1n) is 10.5. The topological polar surface area (TPSA) is 0 Å². The van der Waals surface area contributed by atoms with Crippen molar-refractivity contribution in [3.63, 3.8) is 0 Å². The molecule has 0 fully saturated rings. The molecule has 26 heavy (non-hydrogen) atoms. The van der Waals surface area contributed by atoms with Crippen molar-refractivity contribution in [3.05, 3.63) is 58.1 Å². The molecule has 2 aromatic rings. The summed E-state index contributed by atoms with van der Waals surface area (Å²) >= 11 is 3.74. The van der Waals surface area contributed by atoms with E-state index in [0.717, 1.165) is 0 Å². The molecule has 1 aliphatic carbocycles. The standard InChI is InChI=1S/C25H32Br/c1-3-5-7-11-17-25(18-12-8-6-4-2)23-14-10-9-13-21(23)22-16-15-20(26)19-24(22)25/h9,13-16,19H,3-8,11-12,17-18H2,1-2H3. The summed E-state index contributed by atoms with van der Waals surface area (Å²) in [6.07, 6.45) is 13.2. The predicted octanol–water partition coefficient (Wildman–Crippen LogP) is 8.46. The highest BCUT2D eigenvalue weighted by Crippen LogP contribution is 2.54.